The summed E-state index contributed by atoms with van der Waals surface area (Å²) in [4.78, 5) is 0. The van der Waals surface area contributed by atoms with Crippen molar-refractivity contribution >= 4 is 10.8 Å². The number of hydrogen-bond acceptors (Lipinski definition) is 0. The molecular weight excluding hydrogens is 412 g/mol. The first-order valence-corrected chi connectivity index (χ1v) is 7.08. The van der Waals surface area contributed by atoms with Gasteiger partial charge in [-0.2, -0.15) is 11.5 Å². The summed E-state index contributed by atoms with van der Waals surface area (Å²) in [5.74, 6) is 1.41. The fraction of sp³-hybridized carbons (Fsp3) is 0.421. The molecule has 0 nitrogen and oxygen atoms in total. The molecule has 0 spiro atoms. The summed E-state index contributed by atoms with van der Waals surface area (Å²) in [6.45, 7) is 15.9. The van der Waals surface area contributed by atoms with Crippen LogP contribution in [0.5, 0.6) is 0 Å². The first-order valence-electron chi connectivity index (χ1n) is 7.08. The van der Waals surface area contributed by atoms with Gasteiger partial charge in [-0.1, -0.05) is 89.1 Å². The van der Waals surface area contributed by atoms with Crippen LogP contribution in [-0.2, 0) is 26.5 Å². The SMILES string of the molecule is Cc1c([C-](C)C)c(C(C)(C)C)c(C)c2ccccc12.[W]. The van der Waals surface area contributed by atoms with E-state index in [0.29, 0.717) is 0 Å². The molecule has 0 saturated heterocycles. The molecule has 0 fully saturated rings. The molecule has 0 unspecified atom stereocenters. The predicted octanol–water partition coefficient (Wildman–Crippen LogP) is 5.71. The van der Waals surface area contributed by atoms with Crippen molar-refractivity contribution in [1.29, 1.82) is 0 Å². The summed E-state index contributed by atoms with van der Waals surface area (Å²) in [5.41, 5.74) is 5.99. The Labute approximate surface area is 138 Å². The van der Waals surface area contributed by atoms with Crippen molar-refractivity contribution in [2.45, 2.75) is 53.9 Å². The van der Waals surface area contributed by atoms with Gasteiger partial charge in [-0.25, -0.2) is 0 Å². The number of benzene rings is 2. The quantitative estimate of drug-likeness (QED) is 0.502. The van der Waals surface area contributed by atoms with E-state index in [0.717, 1.165) is 0 Å². The molecule has 0 aliphatic rings. The predicted molar refractivity (Wildman–Crippen MR) is 85.8 cm³/mol. The summed E-state index contributed by atoms with van der Waals surface area (Å²) < 4.78 is 0. The summed E-state index contributed by atoms with van der Waals surface area (Å²) >= 11 is 0. The Bertz CT molecular complexity index is 616. The third-order valence-corrected chi connectivity index (χ3v) is 3.99. The number of fused-ring (bicyclic) bond motifs is 1. The second-order valence-electron chi connectivity index (χ2n) is 6.80. The van der Waals surface area contributed by atoms with Crippen LogP contribution in [0, 0.1) is 19.8 Å². The Morgan fingerprint density at radius 2 is 1.30 bits per heavy atom. The molecule has 0 heterocycles. The van der Waals surface area contributed by atoms with Gasteiger partial charge in [-0.3, -0.25) is 0 Å². The van der Waals surface area contributed by atoms with Crippen molar-refractivity contribution in [1.82, 2.24) is 0 Å². The van der Waals surface area contributed by atoms with Crippen molar-refractivity contribution in [2.75, 3.05) is 0 Å². The maximum atomic E-state index is 2.32. The molecule has 0 aliphatic carbocycles. The first kappa shape index (κ1) is 17.3. The van der Waals surface area contributed by atoms with Crippen LogP contribution in [0.3, 0.4) is 0 Å². The topological polar surface area (TPSA) is 0 Å². The summed E-state index contributed by atoms with van der Waals surface area (Å²) in [5, 5.41) is 2.79. The second kappa shape index (κ2) is 5.94. The second-order valence-corrected chi connectivity index (χ2v) is 6.80. The molecule has 108 valence electrons. The normalized spacial score (nSPS) is 11.3. The van der Waals surface area contributed by atoms with E-state index in [9.17, 15) is 0 Å². The van der Waals surface area contributed by atoms with Crippen LogP contribution < -0.4 is 0 Å². The van der Waals surface area contributed by atoms with Gasteiger partial charge in [0, 0.05) is 21.1 Å². The van der Waals surface area contributed by atoms with E-state index in [1.165, 1.54) is 38.9 Å². The zero-order valence-electron chi connectivity index (χ0n) is 13.7. The molecule has 0 aromatic heterocycles. The van der Waals surface area contributed by atoms with E-state index >= 15 is 0 Å². The number of rotatable bonds is 1. The Balaban J connectivity index is 0.00000200. The minimum atomic E-state index is 0. The Morgan fingerprint density at radius 1 is 0.850 bits per heavy atom. The number of aryl methyl sites for hydroxylation is 2. The molecule has 1 heteroatoms. The van der Waals surface area contributed by atoms with Gasteiger partial charge in [0.05, 0.1) is 0 Å². The van der Waals surface area contributed by atoms with E-state index < -0.39 is 0 Å². The molecular formula is C19H25W-. The third kappa shape index (κ3) is 2.81. The molecule has 0 saturated carbocycles. The minimum absolute atomic E-state index is 0. The summed E-state index contributed by atoms with van der Waals surface area (Å²) in [7, 11) is 0. The average molecular weight is 437 g/mol. The molecule has 2 aromatic carbocycles. The molecule has 0 radical (unpaired) electrons. The number of hydrogen-bond donors (Lipinski definition) is 0. The van der Waals surface area contributed by atoms with Crippen LogP contribution in [-0.4, -0.2) is 0 Å². The molecule has 0 bridgehead atoms. The molecule has 0 amide bonds. The average Bonchev–Trinajstić information content (AvgIpc) is 2.31. The first-order chi connectivity index (χ1) is 8.75. The van der Waals surface area contributed by atoms with Crippen LogP contribution in [0.15, 0.2) is 24.3 Å². The van der Waals surface area contributed by atoms with Crippen LogP contribution in [0.1, 0.15) is 56.9 Å². The summed E-state index contributed by atoms with van der Waals surface area (Å²) in [6, 6.07) is 8.78. The van der Waals surface area contributed by atoms with Crippen molar-refractivity contribution in [3.05, 3.63) is 52.4 Å². The minimum Gasteiger partial charge on any atom is -0.182 e. The van der Waals surface area contributed by atoms with Crippen LogP contribution in [0.25, 0.3) is 10.8 Å². The maximum absolute atomic E-state index is 2.32. The summed E-state index contributed by atoms with van der Waals surface area (Å²) in [6.07, 6.45) is 0. The van der Waals surface area contributed by atoms with Crippen LogP contribution in [0.4, 0.5) is 0 Å². The van der Waals surface area contributed by atoms with Gasteiger partial charge in [-0.15, -0.1) is 11.1 Å². The zero-order chi connectivity index (χ0) is 14.4. The fourth-order valence-corrected chi connectivity index (χ4v) is 3.34. The van der Waals surface area contributed by atoms with Crippen molar-refractivity contribution in [2.24, 2.45) is 0 Å². The van der Waals surface area contributed by atoms with Gasteiger partial charge in [-0.05, 0) is 5.39 Å². The van der Waals surface area contributed by atoms with Gasteiger partial charge in [0.1, 0.15) is 0 Å². The van der Waals surface area contributed by atoms with Gasteiger partial charge in [0.2, 0.25) is 0 Å². The standard InChI is InChI=1S/C19H25.W/c1-12(2)17-13(3)15-10-8-9-11-16(15)14(4)18(17)19(5,6)7;/h8-11H,1-7H3;/q-1;. The molecule has 20 heavy (non-hydrogen) atoms. The Kier molecular flexibility index (Phi) is 5.14. The van der Waals surface area contributed by atoms with Crippen molar-refractivity contribution in [3.63, 3.8) is 0 Å². The molecule has 0 atom stereocenters. The molecule has 2 rings (SSSR count). The van der Waals surface area contributed by atoms with Crippen molar-refractivity contribution in [3.8, 4) is 0 Å². The van der Waals surface area contributed by atoms with E-state index in [1.807, 2.05) is 0 Å². The van der Waals surface area contributed by atoms with Crippen LogP contribution >= 0.6 is 0 Å². The van der Waals surface area contributed by atoms with E-state index in [1.54, 1.807) is 0 Å². The van der Waals surface area contributed by atoms with Gasteiger partial charge in [0.15, 0.2) is 0 Å². The largest absolute Gasteiger partial charge is 0.182 e. The maximum Gasteiger partial charge on any atom is 0 e. The molecule has 2 aromatic rings. The van der Waals surface area contributed by atoms with Gasteiger partial charge in [0.25, 0.3) is 0 Å². The fourth-order valence-electron chi connectivity index (χ4n) is 3.34. The van der Waals surface area contributed by atoms with E-state index in [2.05, 4.69) is 72.7 Å². The molecule has 0 N–H and O–H groups in total. The van der Waals surface area contributed by atoms with E-state index in [4.69, 9.17) is 0 Å². The van der Waals surface area contributed by atoms with E-state index in [-0.39, 0.29) is 26.5 Å². The van der Waals surface area contributed by atoms with Crippen molar-refractivity contribution < 1.29 is 21.1 Å². The Hall–Kier alpha value is -0.742. The zero-order valence-corrected chi connectivity index (χ0v) is 16.7. The third-order valence-electron chi connectivity index (χ3n) is 3.99. The van der Waals surface area contributed by atoms with Gasteiger partial charge >= 0.3 is 0 Å². The molecule has 0 aliphatic heterocycles. The Morgan fingerprint density at radius 3 is 1.70 bits per heavy atom. The monoisotopic (exact) mass is 437 g/mol. The smallest absolute Gasteiger partial charge is 0 e. The van der Waals surface area contributed by atoms with Crippen LogP contribution in [0.2, 0.25) is 0 Å². The van der Waals surface area contributed by atoms with Gasteiger partial charge < -0.3 is 0 Å².